The van der Waals surface area contributed by atoms with E-state index >= 15 is 0 Å². The second-order valence-electron chi connectivity index (χ2n) is 5.49. The van der Waals surface area contributed by atoms with Gasteiger partial charge in [0.1, 0.15) is 0 Å². The summed E-state index contributed by atoms with van der Waals surface area (Å²) in [6.07, 6.45) is 1.54. The van der Waals surface area contributed by atoms with Crippen molar-refractivity contribution in [3.05, 3.63) is 33.8 Å². The lowest BCUT2D eigenvalue weighted by Gasteiger charge is -2.20. The molecule has 1 aromatic rings. The standard InChI is InChI=1S/C15H18Cl2N2O3/c1-19(8-13(20)9-2-3-9)14(21)7-18-15(22)10-4-5-11(16)12(17)6-10/h4-6,9,13,20H,2-3,7-8H2,1H3,(H,18,22). The monoisotopic (exact) mass is 344 g/mol. The number of nitrogens with one attached hydrogen (secondary N) is 1. The Kier molecular flexibility index (Phi) is 5.67. The Morgan fingerprint density at radius 3 is 2.64 bits per heavy atom. The van der Waals surface area contributed by atoms with E-state index in [1.54, 1.807) is 7.05 Å². The van der Waals surface area contributed by atoms with Crippen molar-refractivity contribution in [2.45, 2.75) is 18.9 Å². The number of aliphatic hydroxyl groups is 1. The van der Waals surface area contributed by atoms with Crippen LogP contribution in [0, 0.1) is 5.92 Å². The van der Waals surface area contributed by atoms with Crippen molar-refractivity contribution in [1.82, 2.24) is 10.2 Å². The maximum absolute atomic E-state index is 11.9. The number of carbonyl (C=O) groups excluding carboxylic acids is 2. The van der Waals surface area contributed by atoms with E-state index in [4.69, 9.17) is 23.2 Å². The first-order valence-corrected chi connectivity index (χ1v) is 7.79. The van der Waals surface area contributed by atoms with Gasteiger partial charge in [-0.15, -0.1) is 0 Å². The van der Waals surface area contributed by atoms with Crippen LogP contribution < -0.4 is 5.32 Å². The molecule has 0 radical (unpaired) electrons. The van der Waals surface area contributed by atoms with E-state index in [1.807, 2.05) is 0 Å². The summed E-state index contributed by atoms with van der Waals surface area (Å²) in [6.45, 7) is 0.152. The Morgan fingerprint density at radius 1 is 1.36 bits per heavy atom. The zero-order valence-electron chi connectivity index (χ0n) is 12.2. The smallest absolute Gasteiger partial charge is 0.251 e. The van der Waals surface area contributed by atoms with E-state index < -0.39 is 12.0 Å². The van der Waals surface area contributed by atoms with Gasteiger partial charge in [-0.3, -0.25) is 9.59 Å². The first kappa shape index (κ1) is 17.1. The van der Waals surface area contributed by atoms with Crippen LogP contribution in [-0.2, 0) is 4.79 Å². The summed E-state index contributed by atoms with van der Waals surface area (Å²) in [5.74, 6) is -0.350. The van der Waals surface area contributed by atoms with Gasteiger partial charge in [0.25, 0.3) is 5.91 Å². The lowest BCUT2D eigenvalue weighted by Crippen LogP contribution is -2.41. The van der Waals surface area contributed by atoms with Gasteiger partial charge < -0.3 is 15.3 Å². The number of likely N-dealkylation sites (N-methyl/N-ethyl adjacent to an activating group) is 1. The first-order chi connectivity index (χ1) is 10.4. The van der Waals surface area contributed by atoms with Crippen molar-refractivity contribution in [3.63, 3.8) is 0 Å². The first-order valence-electron chi connectivity index (χ1n) is 7.03. The Bertz CT molecular complexity index is 576. The number of halogens is 2. The Labute approximate surface area is 139 Å². The lowest BCUT2D eigenvalue weighted by molar-refractivity contribution is -0.130. The summed E-state index contributed by atoms with van der Waals surface area (Å²) in [4.78, 5) is 25.3. The number of rotatable bonds is 6. The van der Waals surface area contributed by atoms with Crippen molar-refractivity contribution < 1.29 is 14.7 Å². The molecule has 0 bridgehead atoms. The van der Waals surface area contributed by atoms with Gasteiger partial charge in [0, 0.05) is 19.2 Å². The molecule has 1 unspecified atom stereocenters. The second-order valence-corrected chi connectivity index (χ2v) is 6.31. The van der Waals surface area contributed by atoms with E-state index in [1.165, 1.54) is 23.1 Å². The van der Waals surface area contributed by atoms with Crippen molar-refractivity contribution in [1.29, 1.82) is 0 Å². The van der Waals surface area contributed by atoms with Crippen molar-refractivity contribution in [2.75, 3.05) is 20.1 Å². The summed E-state index contributed by atoms with van der Waals surface area (Å²) in [5, 5.41) is 13.0. The number of benzene rings is 1. The molecule has 2 rings (SSSR count). The van der Waals surface area contributed by atoms with Gasteiger partial charge in [0.05, 0.1) is 22.7 Å². The zero-order valence-corrected chi connectivity index (χ0v) is 13.7. The van der Waals surface area contributed by atoms with Gasteiger partial charge in [0.15, 0.2) is 0 Å². The molecule has 2 amide bonds. The number of hydrogen-bond donors (Lipinski definition) is 2. The minimum atomic E-state index is -0.486. The molecule has 7 heteroatoms. The van der Waals surface area contributed by atoms with E-state index in [0.29, 0.717) is 16.5 Å². The Hall–Kier alpha value is -1.30. The zero-order chi connectivity index (χ0) is 16.3. The van der Waals surface area contributed by atoms with Crippen molar-refractivity contribution in [3.8, 4) is 0 Å². The van der Waals surface area contributed by atoms with Crippen LogP contribution in [0.2, 0.25) is 10.0 Å². The molecule has 1 aromatic carbocycles. The molecule has 1 saturated carbocycles. The van der Waals surface area contributed by atoms with E-state index in [2.05, 4.69) is 5.32 Å². The minimum absolute atomic E-state index is 0.132. The fraction of sp³-hybridized carbons (Fsp3) is 0.467. The molecule has 5 nitrogen and oxygen atoms in total. The van der Waals surface area contributed by atoms with E-state index in [-0.39, 0.29) is 24.0 Å². The van der Waals surface area contributed by atoms with Crippen molar-refractivity contribution >= 4 is 35.0 Å². The largest absolute Gasteiger partial charge is 0.391 e. The van der Waals surface area contributed by atoms with Gasteiger partial charge in [-0.25, -0.2) is 0 Å². The highest BCUT2D eigenvalue weighted by Gasteiger charge is 2.31. The maximum atomic E-state index is 11.9. The maximum Gasteiger partial charge on any atom is 0.251 e. The summed E-state index contributed by atoms with van der Waals surface area (Å²) in [7, 11) is 1.61. The highest BCUT2D eigenvalue weighted by atomic mass is 35.5. The SMILES string of the molecule is CN(CC(O)C1CC1)C(=O)CNC(=O)c1ccc(Cl)c(Cl)c1. The normalized spacial score (nSPS) is 15.3. The molecular weight excluding hydrogens is 327 g/mol. The fourth-order valence-corrected chi connectivity index (χ4v) is 2.34. The van der Waals surface area contributed by atoms with Crippen LogP contribution in [0.3, 0.4) is 0 Å². The van der Waals surface area contributed by atoms with Gasteiger partial charge >= 0.3 is 0 Å². The number of amides is 2. The summed E-state index contributed by atoms with van der Waals surface area (Å²) >= 11 is 11.6. The van der Waals surface area contributed by atoms with E-state index in [9.17, 15) is 14.7 Å². The number of aliphatic hydroxyl groups excluding tert-OH is 1. The van der Waals surface area contributed by atoms with Gasteiger partial charge in [-0.05, 0) is 37.0 Å². The fourth-order valence-electron chi connectivity index (χ4n) is 2.04. The third kappa shape index (κ3) is 4.60. The second kappa shape index (κ2) is 7.31. The average Bonchev–Trinajstić information content (AvgIpc) is 3.31. The van der Waals surface area contributed by atoms with Crippen LogP contribution in [0.4, 0.5) is 0 Å². The summed E-state index contributed by atoms with van der Waals surface area (Å²) in [6, 6.07) is 4.51. The molecule has 0 spiro atoms. The quantitative estimate of drug-likeness (QED) is 0.828. The molecule has 2 N–H and O–H groups in total. The summed E-state index contributed by atoms with van der Waals surface area (Å²) in [5.41, 5.74) is 0.336. The molecule has 1 aliphatic rings. The van der Waals surface area contributed by atoms with Gasteiger partial charge in [0.2, 0.25) is 5.91 Å². The molecule has 0 heterocycles. The van der Waals surface area contributed by atoms with Crippen LogP contribution in [0.15, 0.2) is 18.2 Å². The third-order valence-corrected chi connectivity index (χ3v) is 4.37. The topological polar surface area (TPSA) is 69.6 Å². The summed E-state index contributed by atoms with van der Waals surface area (Å²) < 4.78 is 0. The third-order valence-electron chi connectivity index (χ3n) is 3.63. The lowest BCUT2D eigenvalue weighted by atomic mass is 10.2. The molecule has 1 atom stereocenters. The molecule has 1 aliphatic carbocycles. The Balaban J connectivity index is 1.81. The van der Waals surface area contributed by atoms with Crippen LogP contribution in [-0.4, -0.2) is 48.1 Å². The molecule has 22 heavy (non-hydrogen) atoms. The average molecular weight is 345 g/mol. The molecule has 0 aromatic heterocycles. The Morgan fingerprint density at radius 2 is 2.05 bits per heavy atom. The molecular formula is C15H18Cl2N2O3. The van der Waals surface area contributed by atoms with Crippen LogP contribution >= 0.6 is 23.2 Å². The number of carbonyl (C=O) groups is 2. The van der Waals surface area contributed by atoms with Crippen LogP contribution in [0.25, 0.3) is 0 Å². The highest BCUT2D eigenvalue weighted by Crippen LogP contribution is 2.32. The van der Waals surface area contributed by atoms with Crippen LogP contribution in [0.5, 0.6) is 0 Å². The van der Waals surface area contributed by atoms with Gasteiger partial charge in [-0.1, -0.05) is 23.2 Å². The predicted molar refractivity (Wildman–Crippen MR) is 85.2 cm³/mol. The van der Waals surface area contributed by atoms with Gasteiger partial charge in [-0.2, -0.15) is 0 Å². The predicted octanol–water partition coefficient (Wildman–Crippen LogP) is 1.95. The van der Waals surface area contributed by atoms with E-state index in [0.717, 1.165) is 12.8 Å². The molecule has 0 aliphatic heterocycles. The molecule has 1 fully saturated rings. The number of nitrogens with zero attached hydrogens (tertiary/aromatic N) is 1. The molecule has 120 valence electrons. The number of hydrogen-bond acceptors (Lipinski definition) is 3. The van der Waals surface area contributed by atoms with Crippen molar-refractivity contribution in [2.24, 2.45) is 5.92 Å². The van der Waals surface area contributed by atoms with Crippen LogP contribution in [0.1, 0.15) is 23.2 Å². The molecule has 0 saturated heterocycles. The highest BCUT2D eigenvalue weighted by molar-refractivity contribution is 6.42. The minimum Gasteiger partial charge on any atom is -0.391 e.